The number of nitrogens with zero attached hydrogens (tertiary/aromatic N) is 2. The van der Waals surface area contributed by atoms with Gasteiger partial charge < -0.3 is 18.9 Å². The van der Waals surface area contributed by atoms with E-state index in [1.54, 1.807) is 0 Å². The molecule has 0 fully saturated rings. The maximum absolute atomic E-state index is 5.83. The molecule has 0 amide bonds. The number of pyridine rings is 2. The lowest BCUT2D eigenvalue weighted by Crippen LogP contribution is -2.13. The summed E-state index contributed by atoms with van der Waals surface area (Å²) in [5, 5.41) is 0. The van der Waals surface area contributed by atoms with Crippen LogP contribution in [-0.2, 0) is 9.47 Å². The Morgan fingerprint density at radius 1 is 0.375 bits per heavy atom. The van der Waals surface area contributed by atoms with Crippen molar-refractivity contribution in [3.63, 3.8) is 0 Å². The number of hydrogen-bond donors (Lipinski definition) is 0. The quantitative estimate of drug-likeness (QED) is 0.216. The summed E-state index contributed by atoms with van der Waals surface area (Å²) >= 11 is 0. The smallest absolute Gasteiger partial charge is 0.119 e. The fraction of sp³-hybridized carbons (Fsp3) is 0.176. The van der Waals surface area contributed by atoms with Crippen LogP contribution in [0.3, 0.4) is 0 Å². The van der Waals surface area contributed by atoms with Gasteiger partial charge in [-0.25, -0.2) is 9.97 Å². The van der Waals surface area contributed by atoms with Gasteiger partial charge in [-0.3, -0.25) is 0 Å². The third-order valence-corrected chi connectivity index (χ3v) is 6.62. The van der Waals surface area contributed by atoms with Crippen molar-refractivity contribution < 1.29 is 18.9 Å². The molecule has 10 bridgehead atoms. The van der Waals surface area contributed by atoms with E-state index in [2.05, 4.69) is 24.3 Å². The van der Waals surface area contributed by atoms with Crippen molar-refractivity contribution in [3.05, 3.63) is 109 Å². The predicted molar refractivity (Wildman–Crippen MR) is 156 cm³/mol. The van der Waals surface area contributed by atoms with E-state index in [-0.39, 0.29) is 0 Å². The Balaban J connectivity index is 1.30. The predicted octanol–water partition coefficient (Wildman–Crippen LogP) is 6.95. The van der Waals surface area contributed by atoms with Gasteiger partial charge in [0.25, 0.3) is 0 Å². The minimum absolute atomic E-state index is 0.472. The summed E-state index contributed by atoms with van der Waals surface area (Å²) in [6.07, 6.45) is 0. The molecule has 0 atom stereocenters. The summed E-state index contributed by atoms with van der Waals surface area (Å²) in [4.78, 5) is 9.93. The minimum atomic E-state index is 0.472. The standard InChI is InChI=1S/C34H30N2O4/c1-4-27-24-28(5-1)34-9-3-7-32(36-34)26-12-16-30(17-13-26)40-23-21-38-19-18-37-20-22-39-29-14-10-25(11-15-29)31-6-2-8-33(27)35-31/h1-17,24H,18-23H2. The third kappa shape index (κ3) is 6.37. The summed E-state index contributed by atoms with van der Waals surface area (Å²) in [6.45, 7) is 2.95. The summed E-state index contributed by atoms with van der Waals surface area (Å²) in [7, 11) is 0. The second kappa shape index (κ2) is 12.6. The largest absolute Gasteiger partial charge is 0.491 e. The highest BCUT2D eigenvalue weighted by Gasteiger charge is 2.09. The van der Waals surface area contributed by atoms with E-state index in [1.807, 2.05) is 84.9 Å². The maximum Gasteiger partial charge on any atom is 0.119 e. The number of hydrogen-bond acceptors (Lipinski definition) is 6. The molecule has 0 aliphatic carbocycles. The van der Waals surface area contributed by atoms with Gasteiger partial charge in [-0.15, -0.1) is 0 Å². The zero-order valence-corrected chi connectivity index (χ0v) is 22.2. The second-order valence-electron chi connectivity index (χ2n) is 9.37. The van der Waals surface area contributed by atoms with Gasteiger partial charge in [0.15, 0.2) is 0 Å². The molecule has 200 valence electrons. The van der Waals surface area contributed by atoms with Crippen molar-refractivity contribution in [2.24, 2.45) is 0 Å². The summed E-state index contributed by atoms with van der Waals surface area (Å²) in [5.41, 5.74) is 7.75. The summed E-state index contributed by atoms with van der Waals surface area (Å²) in [5.74, 6) is 1.59. The van der Waals surface area contributed by atoms with Crippen molar-refractivity contribution >= 4 is 0 Å². The van der Waals surface area contributed by atoms with Crippen LogP contribution in [0.1, 0.15) is 0 Å². The van der Waals surface area contributed by atoms with Crippen molar-refractivity contribution in [3.8, 4) is 56.5 Å². The Labute approximate surface area is 234 Å². The van der Waals surface area contributed by atoms with Crippen LogP contribution < -0.4 is 9.47 Å². The topological polar surface area (TPSA) is 62.7 Å². The first-order chi connectivity index (χ1) is 19.8. The van der Waals surface area contributed by atoms with Crippen LogP contribution in [0, 0.1) is 0 Å². The maximum atomic E-state index is 5.83. The number of aromatic nitrogens is 2. The Kier molecular flexibility index (Phi) is 8.08. The molecule has 4 aliphatic rings. The lowest BCUT2D eigenvalue weighted by molar-refractivity contribution is 0.0273. The molecule has 0 saturated carbocycles. The third-order valence-electron chi connectivity index (χ3n) is 6.62. The average molecular weight is 531 g/mol. The Bertz CT molecular complexity index is 1440. The van der Waals surface area contributed by atoms with E-state index < -0.39 is 0 Å². The highest BCUT2D eigenvalue weighted by Crippen LogP contribution is 2.29. The van der Waals surface area contributed by atoms with E-state index in [0.29, 0.717) is 39.6 Å². The van der Waals surface area contributed by atoms with Gasteiger partial charge in [-0.05, 0) is 78.9 Å². The molecule has 0 unspecified atom stereocenters. The first-order valence-corrected chi connectivity index (χ1v) is 13.5. The molecule has 5 aromatic rings. The van der Waals surface area contributed by atoms with Crippen LogP contribution in [0.15, 0.2) is 109 Å². The highest BCUT2D eigenvalue weighted by atomic mass is 16.6. The van der Waals surface area contributed by atoms with Crippen LogP contribution in [-0.4, -0.2) is 49.6 Å². The normalized spacial score (nSPS) is 14.1. The Morgan fingerprint density at radius 3 is 1.20 bits per heavy atom. The van der Waals surface area contributed by atoms with E-state index in [0.717, 1.165) is 56.5 Å². The molecular weight excluding hydrogens is 500 g/mol. The molecule has 0 saturated heterocycles. The Morgan fingerprint density at radius 2 is 0.750 bits per heavy atom. The molecule has 2 aromatic heterocycles. The first-order valence-electron chi connectivity index (χ1n) is 13.5. The summed E-state index contributed by atoms with van der Waals surface area (Å²) < 4.78 is 22.9. The van der Waals surface area contributed by atoms with Crippen LogP contribution in [0.4, 0.5) is 0 Å². The molecule has 6 heterocycles. The lowest BCUT2D eigenvalue weighted by atomic mass is 10.0. The van der Waals surface area contributed by atoms with Gasteiger partial charge >= 0.3 is 0 Å². The zero-order chi connectivity index (χ0) is 27.0. The van der Waals surface area contributed by atoms with Gasteiger partial charge in [-0.1, -0.05) is 30.3 Å². The molecule has 0 spiro atoms. The number of ether oxygens (including phenoxy) is 4. The molecule has 9 rings (SSSR count). The van der Waals surface area contributed by atoms with Gasteiger partial charge in [0, 0.05) is 22.3 Å². The van der Waals surface area contributed by atoms with Crippen molar-refractivity contribution in [1.82, 2.24) is 9.97 Å². The Hall–Kier alpha value is -4.52. The van der Waals surface area contributed by atoms with Crippen LogP contribution in [0.2, 0.25) is 0 Å². The van der Waals surface area contributed by atoms with Gasteiger partial charge in [0.2, 0.25) is 0 Å². The summed E-state index contributed by atoms with van der Waals surface area (Å²) in [6, 6.07) is 36.5. The van der Waals surface area contributed by atoms with Crippen molar-refractivity contribution in [2.75, 3.05) is 39.6 Å². The molecule has 6 heteroatoms. The monoisotopic (exact) mass is 530 g/mol. The van der Waals surface area contributed by atoms with Crippen molar-refractivity contribution in [1.29, 1.82) is 0 Å². The molecule has 3 aromatic carbocycles. The van der Waals surface area contributed by atoms with E-state index in [1.165, 1.54) is 0 Å². The molecular formula is C34H30N2O4. The fourth-order valence-corrected chi connectivity index (χ4v) is 4.55. The molecule has 40 heavy (non-hydrogen) atoms. The number of benzene rings is 3. The van der Waals surface area contributed by atoms with E-state index in [9.17, 15) is 0 Å². The second-order valence-corrected chi connectivity index (χ2v) is 9.37. The molecule has 0 radical (unpaired) electrons. The zero-order valence-electron chi connectivity index (χ0n) is 22.2. The van der Waals surface area contributed by atoms with Crippen molar-refractivity contribution in [2.45, 2.75) is 0 Å². The fourth-order valence-electron chi connectivity index (χ4n) is 4.55. The molecule has 6 nitrogen and oxygen atoms in total. The lowest BCUT2D eigenvalue weighted by Gasteiger charge is -2.10. The van der Waals surface area contributed by atoms with Crippen LogP contribution in [0.5, 0.6) is 11.5 Å². The van der Waals surface area contributed by atoms with Crippen LogP contribution in [0.25, 0.3) is 45.0 Å². The van der Waals surface area contributed by atoms with E-state index >= 15 is 0 Å². The van der Waals surface area contributed by atoms with Crippen LogP contribution >= 0.6 is 0 Å². The highest BCUT2D eigenvalue weighted by molar-refractivity contribution is 5.73. The van der Waals surface area contributed by atoms with Gasteiger partial charge in [0.05, 0.1) is 49.2 Å². The number of rotatable bonds is 0. The van der Waals surface area contributed by atoms with Gasteiger partial charge in [0.1, 0.15) is 24.7 Å². The van der Waals surface area contributed by atoms with Gasteiger partial charge in [-0.2, -0.15) is 0 Å². The average Bonchev–Trinajstić information content (AvgIpc) is 3.02. The molecule has 0 N–H and O–H groups in total. The molecule has 4 aliphatic heterocycles. The first kappa shape index (κ1) is 25.7. The van der Waals surface area contributed by atoms with E-state index in [4.69, 9.17) is 28.9 Å². The minimum Gasteiger partial charge on any atom is -0.491 e. The SMILES string of the molecule is c1cc2cc(c1)-c1cccc(n1)-c1ccc(cc1)OCCOCCOCCOc1ccc(cc1)-c1cccc-2n1.